The Morgan fingerprint density at radius 2 is 1.95 bits per heavy atom. The molecule has 0 radical (unpaired) electrons. The lowest BCUT2D eigenvalue weighted by atomic mass is 10.4. The van der Waals surface area contributed by atoms with Crippen molar-refractivity contribution in [2.45, 2.75) is 10.6 Å². The van der Waals surface area contributed by atoms with E-state index < -0.39 is 14.8 Å². The summed E-state index contributed by atoms with van der Waals surface area (Å²) in [6.45, 7) is 0. The molecule has 0 N–H and O–H groups in total. The molecule has 0 saturated carbocycles. The molecule has 0 atom stereocenters. The van der Waals surface area contributed by atoms with E-state index in [0.717, 1.165) is 6.20 Å². The van der Waals surface area contributed by atoms with Gasteiger partial charge in [0.15, 0.2) is 9.84 Å². The molecule has 0 saturated heterocycles. The van der Waals surface area contributed by atoms with Gasteiger partial charge in [-0.3, -0.25) is 0 Å². The molecular formula is C11H11N3O4S. The molecule has 0 amide bonds. The molecule has 1 aromatic carbocycles. The molecule has 0 spiro atoms. The van der Waals surface area contributed by atoms with Crippen LogP contribution in [0, 0.1) is 10.1 Å². The van der Waals surface area contributed by atoms with Gasteiger partial charge >= 0.3 is 5.82 Å². The molecule has 0 aliphatic rings. The summed E-state index contributed by atoms with van der Waals surface area (Å²) >= 11 is 0. The van der Waals surface area contributed by atoms with E-state index in [9.17, 15) is 18.5 Å². The van der Waals surface area contributed by atoms with Gasteiger partial charge in [-0.2, -0.15) is 0 Å². The number of imidazole rings is 1. The van der Waals surface area contributed by atoms with Crippen LogP contribution in [0.25, 0.3) is 0 Å². The van der Waals surface area contributed by atoms with Crippen LogP contribution in [0.15, 0.2) is 41.4 Å². The Morgan fingerprint density at radius 1 is 1.32 bits per heavy atom. The minimum atomic E-state index is -3.55. The SMILES string of the molecule is Cn1c([N+](=O)[O-])cnc1CS(=O)(=O)c1ccccc1. The Labute approximate surface area is 109 Å². The number of benzene rings is 1. The van der Waals surface area contributed by atoms with Crippen LogP contribution in [-0.2, 0) is 22.6 Å². The molecule has 7 nitrogen and oxygen atoms in total. The number of nitro groups is 1. The summed E-state index contributed by atoms with van der Waals surface area (Å²) in [5.41, 5.74) is 0. The van der Waals surface area contributed by atoms with E-state index in [-0.39, 0.29) is 22.3 Å². The summed E-state index contributed by atoms with van der Waals surface area (Å²) in [6, 6.07) is 7.91. The van der Waals surface area contributed by atoms with Gasteiger partial charge in [-0.25, -0.2) is 18.0 Å². The molecule has 8 heteroatoms. The molecule has 1 aromatic heterocycles. The molecule has 100 valence electrons. The highest BCUT2D eigenvalue weighted by Gasteiger charge is 2.23. The Morgan fingerprint density at radius 3 is 2.47 bits per heavy atom. The van der Waals surface area contributed by atoms with E-state index in [2.05, 4.69) is 4.98 Å². The lowest BCUT2D eigenvalue weighted by Crippen LogP contribution is -2.10. The number of aromatic nitrogens is 2. The van der Waals surface area contributed by atoms with Gasteiger partial charge in [0.1, 0.15) is 11.9 Å². The zero-order valence-electron chi connectivity index (χ0n) is 10.1. The highest BCUT2D eigenvalue weighted by Crippen LogP contribution is 2.18. The van der Waals surface area contributed by atoms with Gasteiger partial charge in [0.25, 0.3) is 0 Å². The second-order valence-corrected chi connectivity index (χ2v) is 5.91. The van der Waals surface area contributed by atoms with Gasteiger partial charge < -0.3 is 10.1 Å². The van der Waals surface area contributed by atoms with Crippen LogP contribution < -0.4 is 0 Å². The second kappa shape index (κ2) is 4.81. The molecule has 2 rings (SSSR count). The summed E-state index contributed by atoms with van der Waals surface area (Å²) in [5.74, 6) is -0.477. The van der Waals surface area contributed by atoms with Crippen molar-refractivity contribution >= 4 is 15.7 Å². The van der Waals surface area contributed by atoms with E-state index in [0.29, 0.717) is 0 Å². The number of sulfone groups is 1. The highest BCUT2D eigenvalue weighted by atomic mass is 32.2. The molecule has 0 aliphatic heterocycles. The summed E-state index contributed by atoms with van der Waals surface area (Å²) in [6.07, 6.45) is 1.05. The summed E-state index contributed by atoms with van der Waals surface area (Å²) in [4.78, 5) is 14.0. The van der Waals surface area contributed by atoms with Crippen molar-refractivity contribution in [1.29, 1.82) is 0 Å². The Kier molecular flexibility index (Phi) is 3.34. The average Bonchev–Trinajstić information content (AvgIpc) is 2.72. The Hall–Kier alpha value is -2.22. The first-order valence-corrected chi connectivity index (χ1v) is 7.00. The van der Waals surface area contributed by atoms with Gasteiger partial charge in [0.05, 0.1) is 11.9 Å². The van der Waals surface area contributed by atoms with Gasteiger partial charge in [-0.15, -0.1) is 0 Å². The standard InChI is InChI=1S/C11H11N3O4S/c1-13-10(12-7-11(13)14(15)16)8-19(17,18)9-5-3-2-4-6-9/h2-7H,8H2,1H3. The van der Waals surface area contributed by atoms with Crippen molar-refractivity contribution in [2.24, 2.45) is 7.05 Å². The van der Waals surface area contributed by atoms with Crippen molar-refractivity contribution in [3.8, 4) is 0 Å². The summed E-state index contributed by atoms with van der Waals surface area (Å²) < 4.78 is 25.4. The van der Waals surface area contributed by atoms with Crippen molar-refractivity contribution in [3.05, 3.63) is 52.5 Å². The van der Waals surface area contributed by atoms with Crippen LogP contribution in [0.3, 0.4) is 0 Å². The molecule has 1 heterocycles. The van der Waals surface area contributed by atoms with Crippen molar-refractivity contribution in [1.82, 2.24) is 9.55 Å². The third kappa shape index (κ3) is 2.63. The van der Waals surface area contributed by atoms with E-state index in [1.165, 1.54) is 23.7 Å². The maximum absolute atomic E-state index is 12.1. The van der Waals surface area contributed by atoms with E-state index in [1.807, 2.05) is 0 Å². The summed E-state index contributed by atoms with van der Waals surface area (Å²) in [7, 11) is -2.14. The predicted octanol–water partition coefficient (Wildman–Crippen LogP) is 1.30. The fourth-order valence-corrected chi connectivity index (χ4v) is 2.97. The summed E-state index contributed by atoms with van der Waals surface area (Å²) in [5, 5.41) is 10.7. The van der Waals surface area contributed by atoms with Gasteiger partial charge in [-0.05, 0) is 17.1 Å². The fourth-order valence-electron chi connectivity index (χ4n) is 1.62. The van der Waals surface area contributed by atoms with Crippen molar-refractivity contribution in [3.63, 3.8) is 0 Å². The minimum Gasteiger partial charge on any atom is -0.358 e. The first-order chi connectivity index (χ1) is 8.92. The van der Waals surface area contributed by atoms with Crippen LogP contribution in [0.1, 0.15) is 5.82 Å². The molecule has 0 unspecified atom stereocenters. The normalized spacial score (nSPS) is 11.4. The fraction of sp³-hybridized carbons (Fsp3) is 0.182. The smallest absolute Gasteiger partial charge is 0.342 e. The third-order valence-corrected chi connectivity index (χ3v) is 4.30. The maximum atomic E-state index is 12.1. The first kappa shape index (κ1) is 13.2. The zero-order valence-corrected chi connectivity index (χ0v) is 10.9. The molecular weight excluding hydrogens is 270 g/mol. The highest BCUT2D eigenvalue weighted by molar-refractivity contribution is 7.90. The van der Waals surface area contributed by atoms with E-state index in [1.54, 1.807) is 18.2 Å². The number of nitrogens with zero attached hydrogens (tertiary/aromatic N) is 3. The van der Waals surface area contributed by atoms with Crippen LogP contribution >= 0.6 is 0 Å². The number of hydrogen-bond acceptors (Lipinski definition) is 5. The largest absolute Gasteiger partial charge is 0.358 e. The molecule has 2 aromatic rings. The average molecular weight is 281 g/mol. The second-order valence-electron chi connectivity index (χ2n) is 3.92. The molecule has 0 aliphatic carbocycles. The van der Waals surface area contributed by atoms with Crippen molar-refractivity contribution < 1.29 is 13.3 Å². The van der Waals surface area contributed by atoms with E-state index in [4.69, 9.17) is 0 Å². The van der Waals surface area contributed by atoms with Crippen LogP contribution in [0.4, 0.5) is 5.82 Å². The van der Waals surface area contributed by atoms with Gasteiger partial charge in [0.2, 0.25) is 5.82 Å². The Balaban J connectivity index is 2.34. The predicted molar refractivity (Wildman–Crippen MR) is 67.2 cm³/mol. The monoisotopic (exact) mass is 281 g/mol. The number of hydrogen-bond donors (Lipinski definition) is 0. The Bertz CT molecular complexity index is 707. The number of rotatable bonds is 4. The minimum absolute atomic E-state index is 0.135. The maximum Gasteiger partial charge on any atom is 0.342 e. The van der Waals surface area contributed by atoms with Crippen LogP contribution in [0.5, 0.6) is 0 Å². The quantitative estimate of drug-likeness (QED) is 0.621. The van der Waals surface area contributed by atoms with Crippen LogP contribution in [0.2, 0.25) is 0 Å². The molecule has 0 fully saturated rings. The first-order valence-electron chi connectivity index (χ1n) is 5.34. The molecule has 0 bridgehead atoms. The van der Waals surface area contributed by atoms with Gasteiger partial charge in [-0.1, -0.05) is 18.2 Å². The van der Waals surface area contributed by atoms with Crippen molar-refractivity contribution in [2.75, 3.05) is 0 Å². The lowest BCUT2D eigenvalue weighted by molar-refractivity contribution is -0.391. The van der Waals surface area contributed by atoms with E-state index >= 15 is 0 Å². The lowest BCUT2D eigenvalue weighted by Gasteiger charge is -2.02. The zero-order chi connectivity index (χ0) is 14.0. The molecule has 19 heavy (non-hydrogen) atoms. The van der Waals surface area contributed by atoms with Crippen LogP contribution in [-0.4, -0.2) is 22.9 Å². The third-order valence-electron chi connectivity index (χ3n) is 2.67. The topological polar surface area (TPSA) is 95.1 Å². The van der Waals surface area contributed by atoms with Gasteiger partial charge in [0, 0.05) is 0 Å².